The molecule has 3 aromatic rings. The maximum Gasteiger partial charge on any atom is 0.264 e. The summed E-state index contributed by atoms with van der Waals surface area (Å²) in [6.07, 6.45) is 2.07. The van der Waals surface area contributed by atoms with Crippen LogP contribution in [0.1, 0.15) is 18.9 Å². The summed E-state index contributed by atoms with van der Waals surface area (Å²) in [5.74, 6) is 0.0317. The van der Waals surface area contributed by atoms with Gasteiger partial charge in [-0.1, -0.05) is 19.4 Å². The highest BCUT2D eigenvalue weighted by Gasteiger charge is 2.10. The Morgan fingerprint density at radius 2 is 2.04 bits per heavy atom. The van der Waals surface area contributed by atoms with Crippen LogP contribution in [0.25, 0.3) is 11.3 Å². The van der Waals surface area contributed by atoms with Gasteiger partial charge in [-0.2, -0.15) is 0 Å². The smallest absolute Gasteiger partial charge is 0.264 e. The molecule has 0 bridgehead atoms. The summed E-state index contributed by atoms with van der Waals surface area (Å²) in [7, 11) is 0. The van der Waals surface area contributed by atoms with Gasteiger partial charge in [0.15, 0.2) is 11.7 Å². The van der Waals surface area contributed by atoms with Crippen molar-refractivity contribution < 1.29 is 13.9 Å². The first-order chi connectivity index (χ1) is 13.0. The van der Waals surface area contributed by atoms with Gasteiger partial charge >= 0.3 is 0 Å². The molecular weight excluding hydrogens is 431 g/mol. The molecule has 7 heteroatoms. The average molecular weight is 449 g/mol. The summed E-state index contributed by atoms with van der Waals surface area (Å²) in [5.41, 5.74) is 2.70. The number of aromatic nitrogens is 1. The molecule has 140 valence electrons. The topological polar surface area (TPSA) is 51.2 Å². The molecule has 0 aliphatic heterocycles. The van der Waals surface area contributed by atoms with E-state index in [2.05, 4.69) is 33.2 Å². The van der Waals surface area contributed by atoms with E-state index in [0.29, 0.717) is 16.6 Å². The van der Waals surface area contributed by atoms with Crippen molar-refractivity contribution in [2.45, 2.75) is 19.8 Å². The minimum Gasteiger partial charge on any atom is -0.483 e. The van der Waals surface area contributed by atoms with Crippen LogP contribution in [0.3, 0.4) is 0 Å². The highest BCUT2D eigenvalue weighted by molar-refractivity contribution is 9.10. The molecule has 0 fully saturated rings. The van der Waals surface area contributed by atoms with E-state index in [-0.39, 0.29) is 18.3 Å². The predicted molar refractivity (Wildman–Crippen MR) is 110 cm³/mol. The van der Waals surface area contributed by atoms with E-state index < -0.39 is 0 Å². The fraction of sp³-hybridized carbons (Fsp3) is 0.200. The van der Waals surface area contributed by atoms with Gasteiger partial charge in [-0.25, -0.2) is 9.37 Å². The quantitative estimate of drug-likeness (QED) is 0.505. The maximum absolute atomic E-state index is 13.0. The lowest BCUT2D eigenvalue weighted by atomic mass is 10.1. The Hall–Kier alpha value is -2.25. The van der Waals surface area contributed by atoms with Gasteiger partial charge in [-0.3, -0.25) is 10.1 Å². The van der Waals surface area contributed by atoms with E-state index in [1.807, 2.05) is 23.6 Å². The molecule has 0 aliphatic carbocycles. The molecule has 4 nitrogen and oxygen atoms in total. The van der Waals surface area contributed by atoms with E-state index in [9.17, 15) is 9.18 Å². The van der Waals surface area contributed by atoms with Crippen molar-refractivity contribution in [1.82, 2.24) is 4.98 Å². The molecule has 0 saturated heterocycles. The third-order valence-electron chi connectivity index (χ3n) is 3.78. The first-order valence-corrected chi connectivity index (χ1v) is 10.1. The zero-order valence-corrected chi connectivity index (χ0v) is 17.1. The number of ether oxygens (including phenoxy) is 1. The van der Waals surface area contributed by atoms with Gasteiger partial charge < -0.3 is 4.74 Å². The Balaban J connectivity index is 1.56. The molecular formula is C20H18BrFN2O2S. The zero-order valence-electron chi connectivity index (χ0n) is 14.7. The number of nitrogens with one attached hydrogen (secondary N) is 1. The van der Waals surface area contributed by atoms with Crippen LogP contribution >= 0.6 is 27.3 Å². The van der Waals surface area contributed by atoms with E-state index in [1.165, 1.54) is 29.0 Å². The van der Waals surface area contributed by atoms with E-state index in [0.717, 1.165) is 22.9 Å². The van der Waals surface area contributed by atoms with Gasteiger partial charge in [0.2, 0.25) is 0 Å². The average Bonchev–Trinajstić information content (AvgIpc) is 3.10. The third kappa shape index (κ3) is 5.37. The Kier molecular flexibility index (Phi) is 6.58. The minimum absolute atomic E-state index is 0.114. The highest BCUT2D eigenvalue weighted by atomic mass is 79.9. The summed E-state index contributed by atoms with van der Waals surface area (Å²) in [6.45, 7) is 2.01. The van der Waals surface area contributed by atoms with Gasteiger partial charge in [0.1, 0.15) is 11.6 Å². The Bertz CT molecular complexity index is 928. The molecule has 3 rings (SSSR count). The van der Waals surface area contributed by atoms with Gasteiger partial charge in [0.25, 0.3) is 5.91 Å². The van der Waals surface area contributed by atoms with Crippen LogP contribution in [0.5, 0.6) is 5.75 Å². The monoisotopic (exact) mass is 448 g/mol. The highest BCUT2D eigenvalue weighted by Crippen LogP contribution is 2.27. The van der Waals surface area contributed by atoms with Gasteiger partial charge in [0.05, 0.1) is 10.2 Å². The molecule has 1 amide bonds. The van der Waals surface area contributed by atoms with Crippen molar-refractivity contribution in [2.75, 3.05) is 11.9 Å². The van der Waals surface area contributed by atoms with Crippen LogP contribution in [0.2, 0.25) is 0 Å². The number of nitrogens with zero attached hydrogens (tertiary/aromatic N) is 1. The summed E-state index contributed by atoms with van der Waals surface area (Å²) < 4.78 is 19.4. The summed E-state index contributed by atoms with van der Waals surface area (Å²) in [4.78, 5) is 16.5. The second-order valence-electron chi connectivity index (χ2n) is 5.90. The summed E-state index contributed by atoms with van der Waals surface area (Å²) in [6, 6.07) is 11.9. The lowest BCUT2D eigenvalue weighted by Gasteiger charge is -2.09. The molecule has 1 aromatic heterocycles. The van der Waals surface area contributed by atoms with Crippen LogP contribution in [-0.2, 0) is 11.2 Å². The van der Waals surface area contributed by atoms with E-state index >= 15 is 0 Å². The van der Waals surface area contributed by atoms with Crippen molar-refractivity contribution in [3.8, 4) is 17.0 Å². The molecule has 0 spiro atoms. The first-order valence-electron chi connectivity index (χ1n) is 8.47. The Morgan fingerprint density at radius 3 is 2.74 bits per heavy atom. The molecule has 27 heavy (non-hydrogen) atoms. The van der Waals surface area contributed by atoms with E-state index in [1.54, 1.807) is 12.1 Å². The third-order valence-corrected chi connectivity index (χ3v) is 5.16. The van der Waals surface area contributed by atoms with Crippen LogP contribution in [0, 0.1) is 5.82 Å². The Morgan fingerprint density at radius 1 is 1.26 bits per heavy atom. The molecule has 0 atom stereocenters. The minimum atomic E-state index is -0.298. The number of anilines is 1. The SMILES string of the molecule is CCCc1ccc(OCC(=O)Nc2nc(-c3ccc(F)cc3)cs2)c(Br)c1. The van der Waals surface area contributed by atoms with Gasteiger partial charge in [0, 0.05) is 10.9 Å². The fourth-order valence-corrected chi connectivity index (χ4v) is 3.77. The zero-order chi connectivity index (χ0) is 19.2. The van der Waals surface area contributed by atoms with Gasteiger partial charge in [-0.15, -0.1) is 11.3 Å². The second kappa shape index (κ2) is 9.10. The molecule has 0 aliphatic rings. The maximum atomic E-state index is 13.0. The lowest BCUT2D eigenvalue weighted by Crippen LogP contribution is -2.20. The number of carbonyl (C=O) groups excluding carboxylic acids is 1. The number of benzene rings is 2. The largest absolute Gasteiger partial charge is 0.483 e. The first kappa shape index (κ1) is 19.5. The molecule has 1 N–H and O–H groups in total. The number of hydrogen-bond donors (Lipinski definition) is 1. The summed E-state index contributed by atoms with van der Waals surface area (Å²) in [5, 5.41) is 5.00. The van der Waals surface area contributed by atoms with Crippen molar-refractivity contribution in [3.05, 3.63) is 63.7 Å². The normalized spacial score (nSPS) is 10.6. The molecule has 0 saturated carbocycles. The number of thiazole rings is 1. The van der Waals surface area contributed by atoms with Crippen molar-refractivity contribution in [3.63, 3.8) is 0 Å². The summed E-state index contributed by atoms with van der Waals surface area (Å²) >= 11 is 4.78. The van der Waals surface area contributed by atoms with Crippen LogP contribution in [0.15, 0.2) is 52.3 Å². The number of halogens is 2. The van der Waals surface area contributed by atoms with Gasteiger partial charge in [-0.05, 0) is 64.3 Å². The lowest BCUT2D eigenvalue weighted by molar-refractivity contribution is -0.118. The molecule has 0 radical (unpaired) electrons. The van der Waals surface area contributed by atoms with Crippen LogP contribution in [-0.4, -0.2) is 17.5 Å². The van der Waals surface area contributed by atoms with Crippen LogP contribution in [0.4, 0.5) is 9.52 Å². The molecule has 1 heterocycles. The second-order valence-corrected chi connectivity index (χ2v) is 7.61. The van der Waals surface area contributed by atoms with Crippen molar-refractivity contribution >= 4 is 38.3 Å². The number of hydrogen-bond acceptors (Lipinski definition) is 4. The van der Waals surface area contributed by atoms with E-state index in [4.69, 9.17) is 4.74 Å². The number of rotatable bonds is 7. The number of amides is 1. The molecule has 0 unspecified atom stereocenters. The number of carbonyl (C=O) groups is 1. The predicted octanol–water partition coefficient (Wildman–Crippen LogP) is 5.68. The number of aryl methyl sites for hydroxylation is 1. The van der Waals surface area contributed by atoms with Crippen molar-refractivity contribution in [1.29, 1.82) is 0 Å². The standard InChI is InChI=1S/C20H18BrFN2O2S/c1-2-3-13-4-9-18(16(21)10-13)26-11-19(25)24-20-23-17(12-27-20)14-5-7-15(22)8-6-14/h4-10,12H,2-3,11H2,1H3,(H,23,24,25). The van der Waals surface area contributed by atoms with Crippen LogP contribution < -0.4 is 10.1 Å². The van der Waals surface area contributed by atoms with Crippen molar-refractivity contribution in [2.24, 2.45) is 0 Å². The fourth-order valence-electron chi connectivity index (χ4n) is 2.49. The molecule has 2 aromatic carbocycles. The Labute approximate surface area is 169 Å².